The Bertz CT molecular complexity index is 221. The van der Waals surface area contributed by atoms with Crippen molar-refractivity contribution in [3.63, 3.8) is 0 Å². The third-order valence-corrected chi connectivity index (χ3v) is 5.71. The van der Waals surface area contributed by atoms with Crippen molar-refractivity contribution in [3.05, 3.63) is 0 Å². The number of hydrogen-bond acceptors (Lipinski definition) is 3. The average molecular weight is 278 g/mol. The van der Waals surface area contributed by atoms with E-state index in [1.165, 1.54) is 32.1 Å². The van der Waals surface area contributed by atoms with E-state index in [0.717, 1.165) is 12.8 Å². The lowest BCUT2D eigenvalue weighted by molar-refractivity contribution is 0.211. The van der Waals surface area contributed by atoms with Crippen molar-refractivity contribution in [2.24, 2.45) is 0 Å². The summed E-state index contributed by atoms with van der Waals surface area (Å²) < 4.78 is 23.2. The summed E-state index contributed by atoms with van der Waals surface area (Å²) in [6.45, 7) is 8.85. The van der Waals surface area contributed by atoms with E-state index >= 15 is 0 Å². The monoisotopic (exact) mass is 278 g/mol. The average Bonchev–Trinajstić information content (AvgIpc) is 2.34. The molecule has 3 nitrogen and oxygen atoms in total. The summed E-state index contributed by atoms with van der Waals surface area (Å²) in [5.74, 6) is 0. The van der Waals surface area contributed by atoms with Crippen LogP contribution in [0.1, 0.15) is 72.6 Å². The Kier molecular flexibility index (Phi) is 11.1. The van der Waals surface area contributed by atoms with Gasteiger partial charge in [-0.25, -0.2) is 0 Å². The Morgan fingerprint density at radius 1 is 0.889 bits per heavy atom. The Labute approximate surface area is 113 Å². The second-order valence-electron chi connectivity index (χ2n) is 4.78. The van der Waals surface area contributed by atoms with Crippen LogP contribution in [0.3, 0.4) is 0 Å². The van der Waals surface area contributed by atoms with Gasteiger partial charge in [-0.05, 0) is 20.3 Å². The SMILES string of the molecule is CCCCCCCCC(C)P(=O)(OCC)OCC. The van der Waals surface area contributed by atoms with Gasteiger partial charge in [0.1, 0.15) is 0 Å². The predicted molar refractivity (Wildman–Crippen MR) is 78.3 cm³/mol. The molecule has 0 aromatic carbocycles. The summed E-state index contributed by atoms with van der Waals surface area (Å²) in [5, 5.41) is 0. The lowest BCUT2D eigenvalue weighted by atomic mass is 10.1. The van der Waals surface area contributed by atoms with Crippen LogP contribution >= 0.6 is 7.60 Å². The van der Waals surface area contributed by atoms with Crippen LogP contribution in [0.15, 0.2) is 0 Å². The van der Waals surface area contributed by atoms with Crippen LogP contribution in [0.25, 0.3) is 0 Å². The lowest BCUT2D eigenvalue weighted by Crippen LogP contribution is -2.09. The molecule has 0 aromatic heterocycles. The molecular weight excluding hydrogens is 247 g/mol. The van der Waals surface area contributed by atoms with Crippen molar-refractivity contribution in [3.8, 4) is 0 Å². The van der Waals surface area contributed by atoms with Gasteiger partial charge in [0.05, 0.1) is 18.9 Å². The smallest absolute Gasteiger partial charge is 0.309 e. The molecule has 0 saturated heterocycles. The van der Waals surface area contributed by atoms with Gasteiger partial charge in [-0.3, -0.25) is 4.57 Å². The van der Waals surface area contributed by atoms with Crippen molar-refractivity contribution in [1.82, 2.24) is 0 Å². The fraction of sp³-hybridized carbons (Fsp3) is 1.00. The van der Waals surface area contributed by atoms with E-state index < -0.39 is 7.60 Å². The first-order chi connectivity index (χ1) is 8.60. The van der Waals surface area contributed by atoms with Gasteiger partial charge in [0, 0.05) is 0 Å². The van der Waals surface area contributed by atoms with E-state index in [1.54, 1.807) is 0 Å². The van der Waals surface area contributed by atoms with Crippen LogP contribution in [0.5, 0.6) is 0 Å². The first-order valence-electron chi connectivity index (χ1n) is 7.49. The van der Waals surface area contributed by atoms with E-state index in [9.17, 15) is 4.57 Å². The van der Waals surface area contributed by atoms with Crippen molar-refractivity contribution in [1.29, 1.82) is 0 Å². The van der Waals surface area contributed by atoms with E-state index in [0.29, 0.717) is 13.2 Å². The molecule has 0 heterocycles. The molecule has 0 bridgehead atoms. The molecule has 18 heavy (non-hydrogen) atoms. The van der Waals surface area contributed by atoms with Crippen molar-refractivity contribution in [2.45, 2.75) is 78.3 Å². The summed E-state index contributed by atoms with van der Waals surface area (Å²) in [7, 11) is -2.87. The van der Waals surface area contributed by atoms with Gasteiger partial charge in [-0.2, -0.15) is 0 Å². The van der Waals surface area contributed by atoms with Gasteiger partial charge in [0.15, 0.2) is 0 Å². The zero-order chi connectivity index (χ0) is 13.9. The minimum Gasteiger partial charge on any atom is -0.309 e. The van der Waals surface area contributed by atoms with Crippen molar-refractivity contribution >= 4 is 7.60 Å². The molecule has 0 fully saturated rings. The molecule has 1 unspecified atom stereocenters. The summed E-state index contributed by atoms with van der Waals surface area (Å²) in [5.41, 5.74) is 0.0172. The summed E-state index contributed by atoms with van der Waals surface area (Å²) in [6, 6.07) is 0. The van der Waals surface area contributed by atoms with E-state index in [2.05, 4.69) is 6.92 Å². The molecule has 0 amide bonds. The third-order valence-electron chi connectivity index (χ3n) is 3.13. The second kappa shape index (κ2) is 11.0. The van der Waals surface area contributed by atoms with Crippen LogP contribution in [0.2, 0.25) is 0 Å². The highest BCUT2D eigenvalue weighted by molar-refractivity contribution is 7.54. The molecule has 0 spiro atoms. The van der Waals surface area contributed by atoms with Crippen LogP contribution in [-0.2, 0) is 13.6 Å². The van der Waals surface area contributed by atoms with E-state index in [4.69, 9.17) is 9.05 Å². The van der Waals surface area contributed by atoms with Gasteiger partial charge in [0.25, 0.3) is 0 Å². The molecule has 0 aliphatic rings. The molecule has 0 aromatic rings. The number of hydrogen-bond donors (Lipinski definition) is 0. The third kappa shape index (κ3) is 7.56. The molecule has 0 aliphatic heterocycles. The first kappa shape index (κ1) is 18.1. The highest BCUT2D eigenvalue weighted by Crippen LogP contribution is 2.54. The molecular formula is C14H31O3P. The predicted octanol–water partition coefficient (Wildman–Crippen LogP) is 5.39. The number of rotatable bonds is 12. The zero-order valence-electron chi connectivity index (χ0n) is 12.6. The fourth-order valence-electron chi connectivity index (χ4n) is 2.03. The van der Waals surface area contributed by atoms with Gasteiger partial charge < -0.3 is 9.05 Å². The summed E-state index contributed by atoms with van der Waals surface area (Å²) >= 11 is 0. The van der Waals surface area contributed by atoms with Gasteiger partial charge in [-0.15, -0.1) is 0 Å². The Hall–Kier alpha value is 0.150. The van der Waals surface area contributed by atoms with Crippen LogP contribution in [-0.4, -0.2) is 18.9 Å². The van der Waals surface area contributed by atoms with Gasteiger partial charge in [-0.1, -0.05) is 52.4 Å². The number of unbranched alkanes of at least 4 members (excludes halogenated alkanes) is 5. The zero-order valence-corrected chi connectivity index (χ0v) is 13.5. The lowest BCUT2D eigenvalue weighted by Gasteiger charge is -2.23. The molecule has 0 N–H and O–H groups in total. The standard InChI is InChI=1S/C14H31O3P/c1-5-8-9-10-11-12-13-14(4)18(15,16-6-2)17-7-3/h14H,5-13H2,1-4H3. The fourth-order valence-corrected chi connectivity index (χ4v) is 3.83. The first-order valence-corrected chi connectivity index (χ1v) is 9.10. The normalized spacial score (nSPS) is 13.8. The van der Waals surface area contributed by atoms with E-state index in [-0.39, 0.29) is 5.66 Å². The molecule has 4 heteroatoms. The highest BCUT2D eigenvalue weighted by atomic mass is 31.2. The summed E-state index contributed by atoms with van der Waals surface area (Å²) in [4.78, 5) is 0. The second-order valence-corrected chi connectivity index (χ2v) is 7.26. The maximum Gasteiger partial charge on any atom is 0.333 e. The van der Waals surface area contributed by atoms with E-state index in [1.807, 2.05) is 20.8 Å². The maximum absolute atomic E-state index is 12.4. The topological polar surface area (TPSA) is 35.5 Å². The van der Waals surface area contributed by atoms with Crippen LogP contribution in [0, 0.1) is 0 Å². The Balaban J connectivity index is 3.89. The van der Waals surface area contributed by atoms with Crippen molar-refractivity contribution < 1.29 is 13.6 Å². The molecule has 0 rings (SSSR count). The minimum atomic E-state index is -2.87. The Morgan fingerprint density at radius 2 is 1.39 bits per heavy atom. The molecule has 0 saturated carbocycles. The molecule has 0 aliphatic carbocycles. The van der Waals surface area contributed by atoms with Crippen molar-refractivity contribution in [2.75, 3.05) is 13.2 Å². The molecule has 1 atom stereocenters. The molecule has 0 radical (unpaired) electrons. The summed E-state index contributed by atoms with van der Waals surface area (Å²) in [6.07, 6.45) is 8.49. The van der Waals surface area contributed by atoms with Crippen LogP contribution in [0.4, 0.5) is 0 Å². The quantitative estimate of drug-likeness (QED) is 0.354. The van der Waals surface area contributed by atoms with Gasteiger partial charge >= 0.3 is 7.60 Å². The molecule has 110 valence electrons. The highest BCUT2D eigenvalue weighted by Gasteiger charge is 2.31. The largest absolute Gasteiger partial charge is 0.333 e. The van der Waals surface area contributed by atoms with Gasteiger partial charge in [0.2, 0.25) is 0 Å². The van der Waals surface area contributed by atoms with Crippen LogP contribution < -0.4 is 0 Å². The minimum absolute atomic E-state index is 0.0172. The Morgan fingerprint density at radius 3 is 1.89 bits per heavy atom. The maximum atomic E-state index is 12.4.